The summed E-state index contributed by atoms with van der Waals surface area (Å²) in [5, 5.41) is 12.3. The van der Waals surface area contributed by atoms with Crippen molar-refractivity contribution in [2.24, 2.45) is 11.5 Å². The van der Waals surface area contributed by atoms with E-state index >= 15 is 0 Å². The zero-order valence-electron chi connectivity index (χ0n) is 22.2. The van der Waals surface area contributed by atoms with Crippen molar-refractivity contribution in [3.8, 4) is 11.8 Å². The predicted molar refractivity (Wildman–Crippen MR) is 154 cm³/mol. The van der Waals surface area contributed by atoms with Gasteiger partial charge in [0.15, 0.2) is 0 Å². The number of nitriles is 1. The van der Waals surface area contributed by atoms with Crippen molar-refractivity contribution in [2.45, 2.75) is 44.0 Å². The fourth-order valence-corrected chi connectivity index (χ4v) is 5.17. The lowest BCUT2D eigenvalue weighted by atomic mass is 9.86. The van der Waals surface area contributed by atoms with Crippen LogP contribution in [0.4, 0.5) is 0 Å². The first-order chi connectivity index (χ1) is 19.8. The normalized spacial score (nSPS) is 16.6. The first-order valence-corrected chi connectivity index (χ1v) is 13.6. The molecule has 1 aromatic heterocycles. The fraction of sp³-hybridized carbons (Fsp3) is 0.226. The van der Waals surface area contributed by atoms with E-state index in [9.17, 15) is 9.59 Å². The topological polar surface area (TPSA) is 149 Å². The molecular weight excluding hydrogens is 540 g/mol. The second-order valence-electron chi connectivity index (χ2n) is 10.1. The second kappa shape index (κ2) is 12.3. The molecule has 0 saturated heterocycles. The number of hydrogen-bond donors (Lipinski definition) is 3. The van der Waals surface area contributed by atoms with Crippen molar-refractivity contribution < 1.29 is 14.3 Å². The van der Waals surface area contributed by atoms with Crippen LogP contribution in [0.3, 0.4) is 0 Å². The Morgan fingerprint density at radius 3 is 2.56 bits per heavy atom. The monoisotopic (exact) mass is 568 g/mol. The quantitative estimate of drug-likeness (QED) is 0.280. The zero-order chi connectivity index (χ0) is 28.9. The number of carbonyl (C=O) groups excluding carboxylic acids is 2. The molecule has 1 aliphatic rings. The van der Waals surface area contributed by atoms with Crippen LogP contribution in [-0.4, -0.2) is 33.6 Å². The van der Waals surface area contributed by atoms with E-state index in [1.807, 2.05) is 29.0 Å². The number of hydrogen-bond acceptors (Lipinski definition) is 6. The van der Waals surface area contributed by atoms with Crippen LogP contribution in [0.5, 0.6) is 5.75 Å². The molecule has 10 heteroatoms. The van der Waals surface area contributed by atoms with Gasteiger partial charge in [-0.3, -0.25) is 15.3 Å². The molecule has 2 heterocycles. The molecule has 9 nitrogen and oxygen atoms in total. The van der Waals surface area contributed by atoms with Gasteiger partial charge in [0.25, 0.3) is 5.91 Å². The highest BCUT2D eigenvalue weighted by Crippen LogP contribution is 2.39. The maximum atomic E-state index is 13.4. The van der Waals surface area contributed by atoms with Gasteiger partial charge < -0.3 is 20.4 Å². The third-order valence-corrected chi connectivity index (χ3v) is 7.36. The summed E-state index contributed by atoms with van der Waals surface area (Å²) in [6, 6.07) is 21.0. The molecular formula is C31H29ClN6O3. The molecule has 2 unspecified atom stereocenters. The summed E-state index contributed by atoms with van der Waals surface area (Å²) >= 11 is 5.96. The number of nitrogens with one attached hydrogen (secondary N) is 1. The van der Waals surface area contributed by atoms with Crippen molar-refractivity contribution in [2.75, 3.05) is 0 Å². The van der Waals surface area contributed by atoms with E-state index in [1.165, 1.54) is 0 Å². The molecule has 2 amide bonds. The molecule has 41 heavy (non-hydrogen) atoms. The van der Waals surface area contributed by atoms with Gasteiger partial charge >= 0.3 is 0 Å². The lowest BCUT2D eigenvalue weighted by molar-refractivity contribution is -0.119. The number of primary amides is 1. The van der Waals surface area contributed by atoms with E-state index < -0.39 is 24.1 Å². The molecule has 3 aromatic carbocycles. The van der Waals surface area contributed by atoms with Gasteiger partial charge in [-0.05, 0) is 59.4 Å². The maximum absolute atomic E-state index is 13.4. The molecule has 4 aromatic rings. The summed E-state index contributed by atoms with van der Waals surface area (Å²) in [6.07, 6.45) is 4.55. The lowest BCUT2D eigenvalue weighted by Crippen LogP contribution is -2.46. The summed E-state index contributed by atoms with van der Waals surface area (Å²) in [5.74, 6) is -0.745. The smallest absolute Gasteiger partial charge is 0.255 e. The van der Waals surface area contributed by atoms with Crippen LogP contribution in [-0.2, 0) is 24.2 Å². The van der Waals surface area contributed by atoms with E-state index in [2.05, 4.69) is 16.4 Å². The molecule has 3 atom stereocenters. The van der Waals surface area contributed by atoms with Crippen LogP contribution < -0.4 is 21.5 Å². The highest BCUT2D eigenvalue weighted by Gasteiger charge is 2.31. The highest BCUT2D eigenvalue weighted by atomic mass is 35.5. The van der Waals surface area contributed by atoms with Gasteiger partial charge in [-0.1, -0.05) is 48.0 Å². The van der Waals surface area contributed by atoms with Crippen molar-refractivity contribution >= 4 is 23.4 Å². The molecule has 208 valence electrons. The summed E-state index contributed by atoms with van der Waals surface area (Å²) < 4.78 is 7.96. The second-order valence-corrected chi connectivity index (χ2v) is 10.6. The third kappa shape index (κ3) is 6.74. The summed E-state index contributed by atoms with van der Waals surface area (Å²) in [4.78, 5) is 30.1. The third-order valence-electron chi connectivity index (χ3n) is 7.11. The van der Waals surface area contributed by atoms with Crippen LogP contribution in [0.15, 0.2) is 79.3 Å². The van der Waals surface area contributed by atoms with E-state index in [1.54, 1.807) is 54.9 Å². The van der Waals surface area contributed by atoms with Gasteiger partial charge in [-0.25, -0.2) is 4.98 Å². The summed E-state index contributed by atoms with van der Waals surface area (Å²) in [6.45, 7) is 0.629. The Morgan fingerprint density at radius 2 is 1.85 bits per heavy atom. The molecule has 5 rings (SSSR count). The zero-order valence-corrected chi connectivity index (χ0v) is 22.9. The molecule has 0 fully saturated rings. The Kier molecular flexibility index (Phi) is 8.34. The van der Waals surface area contributed by atoms with Crippen molar-refractivity contribution in [3.63, 3.8) is 0 Å². The Bertz CT molecular complexity index is 1590. The first kappa shape index (κ1) is 27.9. The molecule has 0 saturated carbocycles. The Balaban J connectivity index is 1.31. The lowest BCUT2D eigenvalue weighted by Gasteiger charge is -2.31. The van der Waals surface area contributed by atoms with Crippen molar-refractivity contribution in [3.05, 3.63) is 118 Å². The largest absolute Gasteiger partial charge is 0.474 e. The number of nitrogens with two attached hydrogens (primary N) is 2. The van der Waals surface area contributed by atoms with Crippen molar-refractivity contribution in [1.29, 1.82) is 5.26 Å². The Labute approximate surface area is 242 Å². The van der Waals surface area contributed by atoms with Gasteiger partial charge in [0, 0.05) is 30.6 Å². The number of carbonyl (C=O) groups is 2. The number of aromatic nitrogens is 2. The minimum Gasteiger partial charge on any atom is -0.474 e. The fourth-order valence-electron chi connectivity index (χ4n) is 5.05. The Morgan fingerprint density at radius 1 is 1.12 bits per heavy atom. The highest BCUT2D eigenvalue weighted by molar-refractivity contribution is 6.30. The minimum atomic E-state index is -0.923. The first-order valence-electron chi connectivity index (χ1n) is 13.2. The van der Waals surface area contributed by atoms with E-state index in [0.29, 0.717) is 35.7 Å². The van der Waals surface area contributed by atoms with Gasteiger partial charge in [-0.15, -0.1) is 0 Å². The van der Waals surface area contributed by atoms with Crippen LogP contribution in [0.1, 0.15) is 50.6 Å². The van der Waals surface area contributed by atoms with E-state index in [4.69, 9.17) is 33.1 Å². The molecule has 0 aliphatic carbocycles. The van der Waals surface area contributed by atoms with Crippen molar-refractivity contribution in [1.82, 2.24) is 14.9 Å². The number of ether oxygens (including phenoxy) is 1. The van der Waals surface area contributed by atoms with Crippen LogP contribution in [0, 0.1) is 11.3 Å². The number of para-hydroxylation sites is 1. The number of benzene rings is 3. The number of fused-ring (bicyclic) bond motifs is 1. The van der Waals surface area contributed by atoms with E-state index in [0.717, 1.165) is 22.4 Å². The predicted octanol–water partition coefficient (Wildman–Crippen LogP) is 3.68. The standard InChI is InChI=1S/C31H29ClN6O3/c32-23-10-8-19(9-11-23)12-27(30(35)39)37-31(40)26-3-1-2-25-22(14-28(34)41-29(25)26)13-24-17-38(18-36-24)16-21-6-4-20(15-33)5-7-21/h1-11,17-18,22,27-28H,12-14,16,34H2,(H2,35,39)(H,37,40)/t22?,27-,28?/m0/s1. The maximum Gasteiger partial charge on any atom is 0.255 e. The molecule has 5 N–H and O–H groups in total. The van der Waals surface area contributed by atoms with Gasteiger partial charge in [0.2, 0.25) is 5.91 Å². The van der Waals surface area contributed by atoms with Gasteiger partial charge in [0.1, 0.15) is 18.0 Å². The molecule has 0 spiro atoms. The average molecular weight is 569 g/mol. The average Bonchev–Trinajstić information content (AvgIpc) is 3.40. The van der Waals surface area contributed by atoms with Crippen LogP contribution >= 0.6 is 11.6 Å². The summed E-state index contributed by atoms with van der Waals surface area (Å²) in [7, 11) is 0. The van der Waals surface area contributed by atoms with Gasteiger partial charge in [-0.2, -0.15) is 5.26 Å². The van der Waals surface area contributed by atoms with Crippen LogP contribution in [0.2, 0.25) is 5.02 Å². The summed E-state index contributed by atoms with van der Waals surface area (Å²) in [5.41, 5.74) is 16.4. The Hall–Kier alpha value is -4.65. The van der Waals surface area contributed by atoms with Gasteiger partial charge in [0.05, 0.1) is 29.2 Å². The van der Waals surface area contributed by atoms with Crippen LogP contribution in [0.25, 0.3) is 0 Å². The SMILES string of the molecule is N#Cc1ccc(Cn2cnc(CC3CC(N)Oc4c(C(=O)N[C@@H](Cc5ccc(Cl)cc5)C(N)=O)cccc43)c2)cc1. The molecule has 0 radical (unpaired) electrons. The number of amides is 2. The number of nitrogens with zero attached hydrogens (tertiary/aromatic N) is 3. The minimum absolute atomic E-state index is 0.0271. The molecule has 0 bridgehead atoms. The van der Waals surface area contributed by atoms with E-state index in [-0.39, 0.29) is 17.9 Å². The molecule has 1 aliphatic heterocycles. The number of halogens is 1. The number of imidazole rings is 1. The number of rotatable bonds is 9.